The molecule has 1 unspecified atom stereocenters. The summed E-state index contributed by atoms with van der Waals surface area (Å²) in [4.78, 5) is 31.7. The molecule has 0 aromatic carbocycles. The third-order valence-corrected chi connectivity index (χ3v) is 6.25. The van der Waals surface area contributed by atoms with Crippen molar-refractivity contribution in [3.63, 3.8) is 0 Å². The average molecular weight is 401 g/mol. The second-order valence-corrected chi connectivity index (χ2v) is 10.2. The fourth-order valence-corrected chi connectivity index (χ4v) is 3.59. The minimum atomic E-state index is -1.38. The molecule has 2 aromatic rings. The van der Waals surface area contributed by atoms with Gasteiger partial charge < -0.3 is 0 Å². The Morgan fingerprint density at radius 2 is 1.96 bits per heavy atom. The number of anilines is 1. The number of carbonyl (C=O) groups excluding carboxylic acids is 2. The Hall–Kier alpha value is -2.55. The monoisotopic (exact) mass is 401 g/mol. The van der Waals surface area contributed by atoms with Crippen molar-refractivity contribution >= 4 is 40.6 Å². The van der Waals surface area contributed by atoms with E-state index >= 15 is 0 Å². The molecule has 1 aliphatic heterocycles. The van der Waals surface area contributed by atoms with E-state index in [1.165, 1.54) is 18.2 Å². The largest absolute Gasteiger partial charge is 0.332 e. The van der Waals surface area contributed by atoms with Crippen LogP contribution in [0.4, 0.5) is 10.6 Å². The number of imidazole rings is 1. The first-order valence-electron chi connectivity index (χ1n) is 9.22. The maximum Gasteiger partial charge on any atom is 0.332 e. The third-order valence-electron chi connectivity index (χ3n) is 4.91. The normalized spacial score (nSPS) is 19.4. The first-order chi connectivity index (χ1) is 13.1. The lowest BCUT2D eigenvalue weighted by Gasteiger charge is -2.17. The predicted octanol–water partition coefficient (Wildman–Crippen LogP) is 2.49. The van der Waals surface area contributed by atoms with Crippen molar-refractivity contribution in [2.24, 2.45) is 4.40 Å². The van der Waals surface area contributed by atoms with E-state index in [0.717, 1.165) is 23.3 Å². The van der Waals surface area contributed by atoms with Crippen LogP contribution in [0.1, 0.15) is 50.8 Å². The van der Waals surface area contributed by atoms with Crippen molar-refractivity contribution in [3.05, 3.63) is 29.6 Å². The van der Waals surface area contributed by atoms with Crippen molar-refractivity contribution in [2.75, 3.05) is 18.5 Å². The number of aromatic nitrogens is 2. The molecule has 1 atom stereocenters. The van der Waals surface area contributed by atoms with Gasteiger partial charge in [-0.05, 0) is 57.2 Å². The Labute approximate surface area is 165 Å². The molecule has 4 rings (SSSR count). The number of likely N-dealkylation sites (N-methyl/N-ethyl adjacent to an activating group) is 1. The number of pyridine rings is 1. The number of rotatable bonds is 4. The Kier molecular flexibility index (Phi) is 4.37. The van der Waals surface area contributed by atoms with E-state index in [2.05, 4.69) is 9.38 Å². The quantitative estimate of drug-likeness (QED) is 0.582. The van der Waals surface area contributed by atoms with Crippen molar-refractivity contribution in [2.45, 2.75) is 44.3 Å². The topological polar surface area (TPSA) is 87.3 Å². The van der Waals surface area contributed by atoms with Gasteiger partial charge in [0.2, 0.25) is 0 Å². The summed E-state index contributed by atoms with van der Waals surface area (Å²) >= 11 is 0. The minimum Gasteiger partial charge on any atom is -0.285 e. The Morgan fingerprint density at radius 1 is 1.25 bits per heavy atom. The number of hydrogen-bond acceptors (Lipinski definition) is 4. The minimum absolute atomic E-state index is 0.00813. The number of imide groups is 1. The molecule has 0 radical (unpaired) electrons. The zero-order valence-corrected chi connectivity index (χ0v) is 17.2. The van der Waals surface area contributed by atoms with E-state index < -0.39 is 15.7 Å². The van der Waals surface area contributed by atoms with E-state index in [0.29, 0.717) is 23.1 Å². The number of fused-ring (bicyclic) bond motifs is 1. The van der Waals surface area contributed by atoms with Gasteiger partial charge >= 0.3 is 6.03 Å². The molecule has 2 aromatic heterocycles. The molecule has 28 heavy (non-hydrogen) atoms. The van der Waals surface area contributed by atoms with Crippen molar-refractivity contribution in [3.8, 4) is 0 Å². The van der Waals surface area contributed by atoms with Gasteiger partial charge in [0.15, 0.2) is 0 Å². The second-order valence-electron chi connectivity index (χ2n) is 8.23. The Balaban J connectivity index is 1.77. The molecule has 8 nitrogen and oxygen atoms in total. The molecule has 9 heteroatoms. The lowest BCUT2D eigenvalue weighted by atomic mass is 10.1. The summed E-state index contributed by atoms with van der Waals surface area (Å²) in [7, 11) is 0.107. The number of nitrogens with zero attached hydrogens (tertiary/aromatic N) is 5. The van der Waals surface area contributed by atoms with Crippen LogP contribution in [0.5, 0.6) is 0 Å². The van der Waals surface area contributed by atoms with Gasteiger partial charge in [0.25, 0.3) is 5.91 Å². The predicted molar refractivity (Wildman–Crippen MR) is 108 cm³/mol. The summed E-state index contributed by atoms with van der Waals surface area (Å²) in [6, 6.07) is 3.62. The molecule has 1 saturated carbocycles. The molecule has 3 heterocycles. The zero-order chi connectivity index (χ0) is 20.2. The zero-order valence-electron chi connectivity index (χ0n) is 16.4. The van der Waals surface area contributed by atoms with Gasteiger partial charge in [0.05, 0.1) is 11.0 Å². The fourth-order valence-electron chi connectivity index (χ4n) is 3.07. The highest BCUT2D eigenvalue weighted by Gasteiger charge is 2.36. The van der Waals surface area contributed by atoms with Crippen LogP contribution in [0.15, 0.2) is 22.7 Å². The van der Waals surface area contributed by atoms with Gasteiger partial charge in [-0.15, -0.1) is 0 Å². The molecule has 148 valence electrons. The first-order valence-corrected chi connectivity index (χ1v) is 10.3. The standard InChI is InChI=1S/C19H23N5O3S/c1-19(2,3)28(27)20-9-14-10-23-15(21-14)7-13(12-5-6-12)8-16(23)24-11-17(25)22(4)18(24)26/h7-10,12H,5-6,11H2,1-4H3/b20-9+. The van der Waals surface area contributed by atoms with E-state index in [4.69, 9.17) is 0 Å². The van der Waals surface area contributed by atoms with Crippen LogP contribution in [0.2, 0.25) is 0 Å². The lowest BCUT2D eigenvalue weighted by molar-refractivity contribution is -0.123. The van der Waals surface area contributed by atoms with Crippen molar-refractivity contribution in [1.82, 2.24) is 14.3 Å². The van der Waals surface area contributed by atoms with Gasteiger partial charge in [-0.3, -0.25) is 19.0 Å². The van der Waals surface area contributed by atoms with E-state index in [9.17, 15) is 13.8 Å². The van der Waals surface area contributed by atoms with E-state index in [-0.39, 0.29) is 18.5 Å². The summed E-state index contributed by atoms with van der Waals surface area (Å²) in [5, 5.41) is 0. The molecule has 0 bridgehead atoms. The van der Waals surface area contributed by atoms with Gasteiger partial charge in [-0.1, -0.05) is 0 Å². The summed E-state index contributed by atoms with van der Waals surface area (Å²) < 4.78 is 17.6. The Bertz CT molecular complexity index is 1030. The van der Waals surface area contributed by atoms with Gasteiger partial charge in [0, 0.05) is 13.2 Å². The molecule has 1 saturated heterocycles. The summed E-state index contributed by atoms with van der Waals surface area (Å²) in [6.07, 6.45) is 5.47. The van der Waals surface area contributed by atoms with Crippen LogP contribution in [-0.2, 0) is 15.8 Å². The third kappa shape index (κ3) is 3.34. The maximum atomic E-state index is 12.5. The number of urea groups is 1. The lowest BCUT2D eigenvalue weighted by Crippen LogP contribution is -2.31. The summed E-state index contributed by atoms with van der Waals surface area (Å²) in [5.74, 6) is 0.848. The van der Waals surface area contributed by atoms with Gasteiger partial charge in [0.1, 0.15) is 34.7 Å². The van der Waals surface area contributed by atoms with Crippen LogP contribution < -0.4 is 4.90 Å². The second kappa shape index (κ2) is 6.51. The number of amides is 3. The van der Waals surface area contributed by atoms with Crippen LogP contribution in [0.25, 0.3) is 5.65 Å². The van der Waals surface area contributed by atoms with E-state index in [1.807, 2.05) is 32.9 Å². The highest BCUT2D eigenvalue weighted by atomic mass is 32.2. The summed E-state index contributed by atoms with van der Waals surface area (Å²) in [6.45, 7) is 5.58. The smallest absolute Gasteiger partial charge is 0.285 e. The molecule has 2 fully saturated rings. The fraction of sp³-hybridized carbons (Fsp3) is 0.474. The van der Waals surface area contributed by atoms with Gasteiger partial charge in [-0.2, -0.15) is 4.40 Å². The maximum absolute atomic E-state index is 12.5. The molecule has 0 spiro atoms. The first kappa shape index (κ1) is 18.8. The molecule has 1 aliphatic carbocycles. The molecule has 3 amide bonds. The Morgan fingerprint density at radius 3 is 2.54 bits per heavy atom. The SMILES string of the molecule is CN1C(=O)CN(c2cc(C3CC3)cc3nc(/C=N/S(=O)C(C)(C)C)cn23)C1=O. The number of hydrogen-bond donors (Lipinski definition) is 0. The van der Waals surface area contributed by atoms with Crippen molar-refractivity contribution < 1.29 is 13.8 Å². The summed E-state index contributed by atoms with van der Waals surface area (Å²) in [5.41, 5.74) is 2.35. The van der Waals surface area contributed by atoms with Crippen molar-refractivity contribution in [1.29, 1.82) is 0 Å². The van der Waals surface area contributed by atoms with Crippen LogP contribution in [-0.4, -0.2) is 55.0 Å². The van der Waals surface area contributed by atoms with Gasteiger partial charge in [-0.25, -0.2) is 14.0 Å². The molecule has 2 aliphatic rings. The van der Waals surface area contributed by atoms with Crippen LogP contribution in [0, 0.1) is 0 Å². The average Bonchev–Trinajstić information content (AvgIpc) is 3.35. The van der Waals surface area contributed by atoms with E-state index in [1.54, 1.807) is 10.6 Å². The molecular weight excluding hydrogens is 378 g/mol. The highest BCUT2D eigenvalue weighted by molar-refractivity contribution is 7.85. The molecule has 0 N–H and O–H groups in total. The van der Waals surface area contributed by atoms with Crippen LogP contribution >= 0.6 is 0 Å². The van der Waals surface area contributed by atoms with Crippen LogP contribution in [0.3, 0.4) is 0 Å². The molecular formula is C19H23N5O3S. The highest BCUT2D eigenvalue weighted by Crippen LogP contribution is 2.42. The number of carbonyl (C=O) groups is 2.